The van der Waals surface area contributed by atoms with E-state index in [1.807, 2.05) is 6.92 Å². The van der Waals surface area contributed by atoms with E-state index in [4.69, 9.17) is 4.74 Å². The Hall–Kier alpha value is -0.530. The molecule has 2 nitrogen and oxygen atoms in total. The molecule has 1 atom stereocenters. The second kappa shape index (κ2) is 5.53. The Morgan fingerprint density at radius 2 is 1.67 bits per heavy atom. The van der Waals surface area contributed by atoms with E-state index >= 15 is 0 Å². The Labute approximate surface area is 94.4 Å². The minimum atomic E-state index is -0.0663. The number of esters is 1. The fourth-order valence-electron chi connectivity index (χ4n) is 1.81. The largest absolute Gasteiger partial charge is 0.466 e. The third kappa shape index (κ3) is 4.23. The predicted molar refractivity (Wildman–Crippen MR) is 63.7 cm³/mol. The maximum Gasteiger partial charge on any atom is 0.306 e. The molecule has 90 valence electrons. The van der Waals surface area contributed by atoms with E-state index in [1.165, 1.54) is 0 Å². The van der Waals surface area contributed by atoms with Gasteiger partial charge in [-0.3, -0.25) is 4.79 Å². The minimum Gasteiger partial charge on any atom is -0.466 e. The molecule has 0 amide bonds. The van der Waals surface area contributed by atoms with E-state index in [0.29, 0.717) is 13.0 Å². The zero-order valence-electron chi connectivity index (χ0n) is 11.1. The molecule has 1 unspecified atom stereocenters. The van der Waals surface area contributed by atoms with Gasteiger partial charge in [-0.25, -0.2) is 0 Å². The van der Waals surface area contributed by atoms with Crippen LogP contribution in [0.1, 0.15) is 60.8 Å². The summed E-state index contributed by atoms with van der Waals surface area (Å²) in [5, 5.41) is 0. The van der Waals surface area contributed by atoms with Crippen molar-refractivity contribution >= 4 is 5.97 Å². The lowest BCUT2D eigenvalue weighted by atomic mass is 9.64. The van der Waals surface area contributed by atoms with Gasteiger partial charge in [-0.15, -0.1) is 0 Å². The Bertz CT molecular complexity index is 203. The van der Waals surface area contributed by atoms with Crippen LogP contribution in [0.5, 0.6) is 0 Å². The van der Waals surface area contributed by atoms with E-state index in [-0.39, 0.29) is 16.8 Å². The topological polar surface area (TPSA) is 26.3 Å². The third-order valence-corrected chi connectivity index (χ3v) is 3.45. The first-order valence-corrected chi connectivity index (χ1v) is 5.92. The van der Waals surface area contributed by atoms with Crippen LogP contribution in [0.25, 0.3) is 0 Å². The molecule has 0 rings (SSSR count). The van der Waals surface area contributed by atoms with E-state index in [0.717, 1.165) is 12.8 Å². The lowest BCUT2D eigenvalue weighted by molar-refractivity contribution is -0.148. The van der Waals surface area contributed by atoms with Crippen molar-refractivity contribution in [1.29, 1.82) is 0 Å². The maximum absolute atomic E-state index is 11.6. The van der Waals surface area contributed by atoms with E-state index in [1.54, 1.807) is 0 Å². The van der Waals surface area contributed by atoms with Gasteiger partial charge in [-0.2, -0.15) is 0 Å². The zero-order valence-corrected chi connectivity index (χ0v) is 11.1. The average molecular weight is 214 g/mol. The van der Waals surface area contributed by atoms with E-state index in [2.05, 4.69) is 34.6 Å². The summed E-state index contributed by atoms with van der Waals surface area (Å²) in [5.41, 5.74) is 0.170. The number of hydrogen-bond acceptors (Lipinski definition) is 2. The number of hydrogen-bond donors (Lipinski definition) is 0. The van der Waals surface area contributed by atoms with Gasteiger partial charge < -0.3 is 4.74 Å². The molecule has 0 radical (unpaired) electrons. The highest BCUT2D eigenvalue weighted by atomic mass is 16.5. The number of rotatable bonds is 5. The van der Waals surface area contributed by atoms with Crippen LogP contribution in [0.4, 0.5) is 0 Å². The van der Waals surface area contributed by atoms with Crippen molar-refractivity contribution < 1.29 is 9.53 Å². The van der Waals surface area contributed by atoms with Crippen LogP contribution < -0.4 is 0 Å². The molecule has 0 fully saturated rings. The van der Waals surface area contributed by atoms with Gasteiger partial charge in [0.25, 0.3) is 0 Å². The highest BCUT2D eigenvalue weighted by molar-refractivity contribution is 5.70. The maximum atomic E-state index is 11.6. The van der Waals surface area contributed by atoms with Gasteiger partial charge in [0.2, 0.25) is 0 Å². The standard InChI is InChI=1S/C13H26O2/c1-7-9-13(6,12(3,4)5)10-11(14)15-8-2/h7-10H2,1-6H3. The van der Waals surface area contributed by atoms with Crippen molar-refractivity contribution in [3.05, 3.63) is 0 Å². The molecule has 0 N–H and O–H groups in total. The summed E-state index contributed by atoms with van der Waals surface area (Å²) in [5.74, 6) is -0.0663. The molecule has 0 saturated heterocycles. The molecule has 0 aromatic heterocycles. The minimum absolute atomic E-state index is 0.0357. The van der Waals surface area contributed by atoms with E-state index in [9.17, 15) is 4.79 Å². The molecule has 0 aliphatic heterocycles. The summed E-state index contributed by atoms with van der Waals surface area (Å²) in [6.45, 7) is 13.3. The van der Waals surface area contributed by atoms with Crippen LogP contribution in [0.15, 0.2) is 0 Å². The number of carbonyl (C=O) groups excluding carboxylic acids is 1. The molecular formula is C13H26O2. The van der Waals surface area contributed by atoms with Crippen molar-refractivity contribution in [1.82, 2.24) is 0 Å². The van der Waals surface area contributed by atoms with Gasteiger partial charge in [0.15, 0.2) is 0 Å². The molecule has 0 aliphatic carbocycles. The monoisotopic (exact) mass is 214 g/mol. The molecule has 0 saturated carbocycles. The third-order valence-electron chi connectivity index (χ3n) is 3.45. The Morgan fingerprint density at radius 1 is 1.13 bits per heavy atom. The Kier molecular flexibility index (Phi) is 5.33. The summed E-state index contributed by atoms with van der Waals surface area (Å²) in [6.07, 6.45) is 2.70. The highest BCUT2D eigenvalue weighted by Crippen LogP contribution is 2.45. The molecule has 0 spiro atoms. The fourth-order valence-corrected chi connectivity index (χ4v) is 1.81. The van der Waals surface area contributed by atoms with Crippen molar-refractivity contribution in [2.24, 2.45) is 10.8 Å². The summed E-state index contributed by atoms with van der Waals surface area (Å²) in [7, 11) is 0. The second-order valence-electron chi connectivity index (χ2n) is 5.54. The van der Waals surface area contributed by atoms with Crippen LogP contribution in [-0.2, 0) is 9.53 Å². The molecule has 0 aromatic carbocycles. The number of carbonyl (C=O) groups is 1. The quantitative estimate of drug-likeness (QED) is 0.651. The van der Waals surface area contributed by atoms with Crippen molar-refractivity contribution in [2.45, 2.75) is 60.8 Å². The summed E-state index contributed by atoms with van der Waals surface area (Å²) < 4.78 is 5.04. The van der Waals surface area contributed by atoms with Gasteiger partial charge in [0, 0.05) is 0 Å². The van der Waals surface area contributed by atoms with Crippen molar-refractivity contribution in [2.75, 3.05) is 6.61 Å². The van der Waals surface area contributed by atoms with Crippen molar-refractivity contribution in [3.8, 4) is 0 Å². The summed E-state index contributed by atoms with van der Waals surface area (Å²) in [4.78, 5) is 11.6. The molecule has 0 aromatic rings. The normalized spacial score (nSPS) is 15.9. The molecule has 2 heteroatoms. The fraction of sp³-hybridized carbons (Fsp3) is 0.923. The van der Waals surface area contributed by atoms with Gasteiger partial charge in [0.05, 0.1) is 13.0 Å². The first-order valence-electron chi connectivity index (χ1n) is 5.92. The number of ether oxygens (including phenoxy) is 1. The lowest BCUT2D eigenvalue weighted by Gasteiger charge is -2.41. The molecule has 0 heterocycles. The van der Waals surface area contributed by atoms with Gasteiger partial charge in [-0.05, 0) is 24.2 Å². The Balaban J connectivity index is 4.59. The molecule has 0 aliphatic rings. The smallest absolute Gasteiger partial charge is 0.306 e. The molecular weight excluding hydrogens is 188 g/mol. The van der Waals surface area contributed by atoms with Gasteiger partial charge in [-0.1, -0.05) is 41.0 Å². The van der Waals surface area contributed by atoms with Crippen LogP contribution >= 0.6 is 0 Å². The van der Waals surface area contributed by atoms with Gasteiger partial charge in [0.1, 0.15) is 0 Å². The zero-order chi connectivity index (χ0) is 12.1. The molecule has 15 heavy (non-hydrogen) atoms. The van der Waals surface area contributed by atoms with E-state index < -0.39 is 0 Å². The summed E-state index contributed by atoms with van der Waals surface area (Å²) >= 11 is 0. The van der Waals surface area contributed by atoms with Gasteiger partial charge >= 0.3 is 5.97 Å². The Morgan fingerprint density at radius 3 is 2.00 bits per heavy atom. The molecule has 0 bridgehead atoms. The first kappa shape index (κ1) is 14.5. The average Bonchev–Trinajstić information content (AvgIpc) is 2.02. The first-order chi connectivity index (χ1) is 6.77. The highest BCUT2D eigenvalue weighted by Gasteiger charge is 2.38. The van der Waals surface area contributed by atoms with Crippen molar-refractivity contribution in [3.63, 3.8) is 0 Å². The second-order valence-corrected chi connectivity index (χ2v) is 5.54. The van der Waals surface area contributed by atoms with Crippen LogP contribution in [0.2, 0.25) is 0 Å². The SMILES string of the molecule is CCCC(C)(CC(=O)OCC)C(C)(C)C. The van der Waals surface area contributed by atoms with Crippen LogP contribution in [0, 0.1) is 10.8 Å². The van der Waals surface area contributed by atoms with Crippen LogP contribution in [0.3, 0.4) is 0 Å². The predicted octanol–water partition coefficient (Wildman–Crippen LogP) is 3.79. The summed E-state index contributed by atoms with van der Waals surface area (Å²) in [6, 6.07) is 0. The lowest BCUT2D eigenvalue weighted by Crippen LogP contribution is -2.35. The van der Waals surface area contributed by atoms with Crippen LogP contribution in [-0.4, -0.2) is 12.6 Å².